The first kappa shape index (κ1) is 13.6. The van der Waals surface area contributed by atoms with Gasteiger partial charge < -0.3 is 5.73 Å². The maximum Gasteiger partial charge on any atom is 0.127 e. The van der Waals surface area contributed by atoms with E-state index >= 15 is 0 Å². The Balaban J connectivity index is 2.08. The van der Waals surface area contributed by atoms with Gasteiger partial charge in [-0.2, -0.15) is 5.26 Å². The van der Waals surface area contributed by atoms with Gasteiger partial charge >= 0.3 is 0 Å². The fourth-order valence-electron chi connectivity index (χ4n) is 2.33. The molecule has 0 saturated heterocycles. The van der Waals surface area contributed by atoms with E-state index in [1.807, 2.05) is 6.07 Å². The van der Waals surface area contributed by atoms with E-state index in [1.54, 1.807) is 12.1 Å². The molecule has 1 unspecified atom stereocenters. The zero-order chi connectivity index (χ0) is 13.7. The summed E-state index contributed by atoms with van der Waals surface area (Å²) in [5.74, 6) is 6.38. The van der Waals surface area contributed by atoms with Gasteiger partial charge in [0.25, 0.3) is 0 Å². The SMILES string of the molecule is N#CC(N)Cc1ccc(C#CC2CCCC2)cc1F. The molecular weight excluding hydrogens is 239 g/mol. The molecule has 0 radical (unpaired) electrons. The molecule has 1 fully saturated rings. The average molecular weight is 256 g/mol. The van der Waals surface area contributed by atoms with Crippen LogP contribution in [0.1, 0.15) is 36.8 Å². The van der Waals surface area contributed by atoms with E-state index in [-0.39, 0.29) is 12.2 Å². The zero-order valence-corrected chi connectivity index (χ0v) is 10.8. The third kappa shape index (κ3) is 3.81. The number of hydrogen-bond acceptors (Lipinski definition) is 2. The Morgan fingerprint density at radius 3 is 2.74 bits per heavy atom. The second kappa shape index (κ2) is 6.36. The lowest BCUT2D eigenvalue weighted by Gasteiger charge is -2.05. The minimum absolute atomic E-state index is 0.235. The van der Waals surface area contributed by atoms with Gasteiger partial charge in [0.05, 0.1) is 12.1 Å². The molecule has 1 aromatic carbocycles. The third-order valence-electron chi connectivity index (χ3n) is 3.43. The highest BCUT2D eigenvalue weighted by molar-refractivity contribution is 5.38. The molecule has 3 heteroatoms. The molecule has 2 N–H and O–H groups in total. The van der Waals surface area contributed by atoms with Crippen molar-refractivity contribution in [1.29, 1.82) is 5.26 Å². The van der Waals surface area contributed by atoms with Gasteiger partial charge in [-0.1, -0.05) is 30.7 Å². The Morgan fingerprint density at radius 2 is 2.11 bits per heavy atom. The molecule has 0 aromatic heterocycles. The van der Waals surface area contributed by atoms with E-state index in [2.05, 4.69) is 11.8 Å². The predicted molar refractivity (Wildman–Crippen MR) is 72.5 cm³/mol. The van der Waals surface area contributed by atoms with Crippen molar-refractivity contribution in [2.45, 2.75) is 38.1 Å². The maximum atomic E-state index is 13.8. The van der Waals surface area contributed by atoms with E-state index < -0.39 is 6.04 Å². The molecule has 1 saturated carbocycles. The van der Waals surface area contributed by atoms with Crippen LogP contribution in [0.25, 0.3) is 0 Å². The van der Waals surface area contributed by atoms with Crippen LogP contribution in [0.3, 0.4) is 0 Å². The summed E-state index contributed by atoms with van der Waals surface area (Å²) in [6, 6.07) is 6.14. The van der Waals surface area contributed by atoms with Crippen molar-refractivity contribution in [2.24, 2.45) is 11.7 Å². The number of rotatable bonds is 2. The number of nitrogens with zero attached hydrogens (tertiary/aromatic N) is 1. The fraction of sp³-hybridized carbons (Fsp3) is 0.438. The number of benzene rings is 1. The van der Waals surface area contributed by atoms with E-state index in [4.69, 9.17) is 11.0 Å². The molecule has 0 amide bonds. The highest BCUT2D eigenvalue weighted by Crippen LogP contribution is 2.23. The van der Waals surface area contributed by atoms with Crippen molar-refractivity contribution in [1.82, 2.24) is 0 Å². The summed E-state index contributed by atoms with van der Waals surface area (Å²) in [5.41, 5.74) is 6.66. The van der Waals surface area contributed by atoms with Crippen LogP contribution in [0.5, 0.6) is 0 Å². The number of halogens is 1. The molecular formula is C16H17FN2. The van der Waals surface area contributed by atoms with Gasteiger partial charge in [-0.25, -0.2) is 4.39 Å². The predicted octanol–water partition coefficient (Wildman–Crippen LogP) is 2.76. The molecule has 2 nitrogen and oxygen atoms in total. The lowest BCUT2D eigenvalue weighted by atomic mass is 10.0. The summed E-state index contributed by atoms with van der Waals surface area (Å²) in [6.07, 6.45) is 5.05. The van der Waals surface area contributed by atoms with Crippen LogP contribution in [0.15, 0.2) is 18.2 Å². The summed E-state index contributed by atoms with van der Waals surface area (Å²) >= 11 is 0. The van der Waals surface area contributed by atoms with Crippen LogP contribution in [-0.2, 0) is 6.42 Å². The molecule has 98 valence electrons. The Labute approximate surface area is 113 Å². The quantitative estimate of drug-likeness (QED) is 0.827. The highest BCUT2D eigenvalue weighted by atomic mass is 19.1. The van der Waals surface area contributed by atoms with Gasteiger partial charge in [-0.05, 0) is 30.5 Å². The first-order valence-corrected chi connectivity index (χ1v) is 6.64. The molecule has 19 heavy (non-hydrogen) atoms. The molecule has 1 aliphatic rings. The summed E-state index contributed by atoms with van der Waals surface area (Å²) < 4.78 is 13.8. The molecule has 0 aliphatic heterocycles. The molecule has 1 atom stereocenters. The van der Waals surface area contributed by atoms with Crippen molar-refractivity contribution in [3.8, 4) is 17.9 Å². The van der Waals surface area contributed by atoms with Crippen LogP contribution in [0, 0.1) is 34.9 Å². The van der Waals surface area contributed by atoms with Crippen molar-refractivity contribution >= 4 is 0 Å². The van der Waals surface area contributed by atoms with Crippen molar-refractivity contribution in [3.63, 3.8) is 0 Å². The normalized spacial score (nSPS) is 16.5. The molecule has 0 heterocycles. The number of nitriles is 1. The first-order chi connectivity index (χ1) is 9.19. The van der Waals surface area contributed by atoms with Gasteiger partial charge in [0, 0.05) is 17.9 Å². The van der Waals surface area contributed by atoms with Crippen molar-refractivity contribution in [3.05, 3.63) is 35.1 Å². The minimum Gasteiger partial charge on any atom is -0.316 e. The molecule has 2 rings (SSSR count). The smallest absolute Gasteiger partial charge is 0.127 e. The number of nitrogens with two attached hydrogens (primary N) is 1. The maximum absolute atomic E-state index is 13.8. The van der Waals surface area contributed by atoms with Crippen LogP contribution in [0.4, 0.5) is 4.39 Å². The van der Waals surface area contributed by atoms with Gasteiger partial charge in [-0.3, -0.25) is 0 Å². The van der Waals surface area contributed by atoms with E-state index in [1.165, 1.54) is 18.9 Å². The fourth-order valence-corrected chi connectivity index (χ4v) is 2.33. The molecule has 0 spiro atoms. The largest absolute Gasteiger partial charge is 0.316 e. The van der Waals surface area contributed by atoms with E-state index in [0.717, 1.165) is 12.8 Å². The minimum atomic E-state index is -0.662. The standard InChI is InChI=1S/C16H17FN2/c17-16-9-13(6-5-12-3-1-2-4-12)7-8-14(16)10-15(19)11-18/h7-9,12,15H,1-4,10,19H2. The van der Waals surface area contributed by atoms with Gasteiger partial charge in [0.1, 0.15) is 5.82 Å². The average Bonchev–Trinajstić information content (AvgIpc) is 2.92. The first-order valence-electron chi connectivity index (χ1n) is 6.64. The Bertz CT molecular complexity index is 542. The second-order valence-corrected chi connectivity index (χ2v) is 5.00. The van der Waals surface area contributed by atoms with Gasteiger partial charge in [-0.15, -0.1) is 0 Å². The monoisotopic (exact) mass is 256 g/mol. The second-order valence-electron chi connectivity index (χ2n) is 5.00. The van der Waals surface area contributed by atoms with Crippen molar-refractivity contribution < 1.29 is 4.39 Å². The van der Waals surface area contributed by atoms with Crippen LogP contribution in [0.2, 0.25) is 0 Å². The van der Waals surface area contributed by atoms with Gasteiger partial charge in [0.2, 0.25) is 0 Å². The molecule has 1 aromatic rings. The van der Waals surface area contributed by atoms with E-state index in [9.17, 15) is 4.39 Å². The highest BCUT2D eigenvalue weighted by Gasteiger charge is 2.12. The lowest BCUT2D eigenvalue weighted by molar-refractivity contribution is 0.603. The molecule has 0 bridgehead atoms. The Kier molecular flexibility index (Phi) is 4.55. The summed E-state index contributed by atoms with van der Waals surface area (Å²) in [7, 11) is 0. The Hall–Kier alpha value is -1.84. The van der Waals surface area contributed by atoms with Crippen LogP contribution >= 0.6 is 0 Å². The van der Waals surface area contributed by atoms with Crippen molar-refractivity contribution in [2.75, 3.05) is 0 Å². The van der Waals surface area contributed by atoms with Crippen LogP contribution < -0.4 is 5.73 Å². The molecule has 1 aliphatic carbocycles. The van der Waals surface area contributed by atoms with E-state index in [0.29, 0.717) is 17.0 Å². The third-order valence-corrected chi connectivity index (χ3v) is 3.43. The zero-order valence-electron chi connectivity index (χ0n) is 10.8. The Morgan fingerprint density at radius 1 is 1.37 bits per heavy atom. The number of hydrogen-bond donors (Lipinski definition) is 1. The summed E-state index contributed by atoms with van der Waals surface area (Å²) in [5, 5.41) is 8.63. The van der Waals surface area contributed by atoms with Gasteiger partial charge in [0.15, 0.2) is 0 Å². The topological polar surface area (TPSA) is 49.8 Å². The van der Waals surface area contributed by atoms with Crippen LogP contribution in [-0.4, -0.2) is 6.04 Å². The summed E-state index contributed by atoms with van der Waals surface area (Å²) in [4.78, 5) is 0. The summed E-state index contributed by atoms with van der Waals surface area (Å²) in [6.45, 7) is 0. The lowest BCUT2D eigenvalue weighted by Crippen LogP contribution is -2.20.